The zero-order valence-corrected chi connectivity index (χ0v) is 15.4. The molecule has 4 rings (SSSR count). The maximum Gasteiger partial charge on any atom is 0.343 e. The molecule has 1 atom stereocenters. The highest BCUT2D eigenvalue weighted by Crippen LogP contribution is 2.48. The third kappa shape index (κ3) is 3.58. The molecule has 0 radical (unpaired) electrons. The summed E-state index contributed by atoms with van der Waals surface area (Å²) in [5, 5.41) is 11.1. The van der Waals surface area contributed by atoms with Gasteiger partial charge in [0.05, 0.1) is 5.56 Å². The Bertz CT molecular complexity index is 802. The van der Waals surface area contributed by atoms with Crippen LogP contribution in [0.5, 0.6) is 5.75 Å². The van der Waals surface area contributed by atoms with Crippen LogP contribution in [0.4, 0.5) is 0 Å². The zero-order valence-electron chi connectivity index (χ0n) is 15.4. The molecule has 138 valence electrons. The van der Waals surface area contributed by atoms with Gasteiger partial charge in [-0.1, -0.05) is 56.0 Å². The number of hydrogen-bond acceptors (Lipinski definition) is 3. The van der Waals surface area contributed by atoms with E-state index in [4.69, 9.17) is 4.42 Å². The lowest BCUT2D eigenvalue weighted by molar-refractivity contribution is 0.384. The van der Waals surface area contributed by atoms with E-state index in [9.17, 15) is 9.90 Å². The highest BCUT2D eigenvalue weighted by molar-refractivity contribution is 5.47. The molecule has 1 saturated carbocycles. The summed E-state index contributed by atoms with van der Waals surface area (Å²) >= 11 is 0. The van der Waals surface area contributed by atoms with Crippen molar-refractivity contribution in [2.24, 2.45) is 5.92 Å². The monoisotopic (exact) mass is 352 g/mol. The number of aryl methyl sites for hydroxylation is 1. The van der Waals surface area contributed by atoms with E-state index in [1.165, 1.54) is 25.7 Å². The zero-order chi connectivity index (χ0) is 17.9. The quantitative estimate of drug-likeness (QED) is 0.812. The molecule has 1 unspecified atom stereocenters. The average Bonchev–Trinajstić information content (AvgIpc) is 3.48. The molecule has 1 heterocycles. The van der Waals surface area contributed by atoms with Crippen LogP contribution in [-0.2, 0) is 12.8 Å². The molecular formula is C23H28O3. The Morgan fingerprint density at radius 3 is 2.27 bits per heavy atom. The lowest BCUT2D eigenvalue weighted by Gasteiger charge is -2.21. The minimum absolute atomic E-state index is 0.0480. The normalized spacial score (nSPS) is 19.5. The highest BCUT2D eigenvalue weighted by atomic mass is 16.4. The molecule has 1 N–H and O–H groups in total. The van der Waals surface area contributed by atoms with E-state index in [1.54, 1.807) is 0 Å². The van der Waals surface area contributed by atoms with Crippen molar-refractivity contribution in [1.29, 1.82) is 0 Å². The number of benzene rings is 1. The lowest BCUT2D eigenvalue weighted by atomic mass is 9.85. The molecule has 2 aromatic rings. The first-order chi connectivity index (χ1) is 12.8. The van der Waals surface area contributed by atoms with Crippen molar-refractivity contribution in [3.8, 4) is 5.75 Å². The van der Waals surface area contributed by atoms with Gasteiger partial charge in [0.1, 0.15) is 11.5 Å². The van der Waals surface area contributed by atoms with Crippen molar-refractivity contribution in [3.05, 3.63) is 63.2 Å². The molecule has 1 aromatic heterocycles. The van der Waals surface area contributed by atoms with Crippen molar-refractivity contribution in [2.45, 2.75) is 70.1 Å². The lowest BCUT2D eigenvalue weighted by Crippen LogP contribution is -2.18. The molecule has 26 heavy (non-hydrogen) atoms. The SMILES string of the molecule is O=c1oc2c(c(O)c1C(c1ccccc1)C1CC1)CCCCCCCC2. The van der Waals surface area contributed by atoms with E-state index in [0.717, 1.165) is 55.4 Å². The smallest absolute Gasteiger partial charge is 0.343 e. The molecule has 1 fully saturated rings. The molecule has 3 nitrogen and oxygen atoms in total. The van der Waals surface area contributed by atoms with Gasteiger partial charge in [0.2, 0.25) is 0 Å². The number of fused-ring (bicyclic) bond motifs is 1. The van der Waals surface area contributed by atoms with Crippen LogP contribution in [0.15, 0.2) is 39.5 Å². The molecule has 0 amide bonds. The fourth-order valence-electron chi connectivity index (χ4n) is 4.41. The van der Waals surface area contributed by atoms with Crippen molar-refractivity contribution in [2.75, 3.05) is 0 Å². The second kappa shape index (κ2) is 7.69. The van der Waals surface area contributed by atoms with Crippen LogP contribution in [0.2, 0.25) is 0 Å². The van der Waals surface area contributed by atoms with Gasteiger partial charge < -0.3 is 9.52 Å². The van der Waals surface area contributed by atoms with Crippen LogP contribution in [0.25, 0.3) is 0 Å². The first kappa shape index (κ1) is 17.4. The predicted octanol–water partition coefficient (Wildman–Crippen LogP) is 5.33. The summed E-state index contributed by atoms with van der Waals surface area (Å²) in [5.74, 6) is 1.33. The van der Waals surface area contributed by atoms with E-state index in [0.29, 0.717) is 11.5 Å². The first-order valence-corrected chi connectivity index (χ1v) is 10.2. The van der Waals surface area contributed by atoms with Gasteiger partial charge in [-0.3, -0.25) is 0 Å². The van der Waals surface area contributed by atoms with E-state index in [-0.39, 0.29) is 17.3 Å². The largest absolute Gasteiger partial charge is 0.507 e. The third-order valence-electron chi connectivity index (χ3n) is 5.96. The Morgan fingerprint density at radius 1 is 0.923 bits per heavy atom. The van der Waals surface area contributed by atoms with Crippen LogP contribution in [0, 0.1) is 5.92 Å². The Morgan fingerprint density at radius 2 is 1.58 bits per heavy atom. The van der Waals surface area contributed by atoms with Gasteiger partial charge in [-0.05, 0) is 43.6 Å². The van der Waals surface area contributed by atoms with Gasteiger partial charge in [-0.15, -0.1) is 0 Å². The summed E-state index contributed by atoms with van der Waals surface area (Å²) in [4.78, 5) is 12.9. The fourth-order valence-corrected chi connectivity index (χ4v) is 4.41. The molecule has 3 heteroatoms. The minimum atomic E-state index is -0.334. The Balaban J connectivity index is 1.79. The fraction of sp³-hybridized carbons (Fsp3) is 0.522. The highest BCUT2D eigenvalue weighted by Gasteiger charge is 2.38. The summed E-state index contributed by atoms with van der Waals surface area (Å²) in [5.41, 5.74) is 2.16. The van der Waals surface area contributed by atoms with Crippen LogP contribution in [0.3, 0.4) is 0 Å². The standard InChI is InChI=1S/C23H28O3/c24-22-18-12-8-3-1-2-4-9-13-19(18)26-23(25)21(22)20(17-14-15-17)16-10-6-5-7-11-16/h5-7,10-11,17,20,24H,1-4,8-9,12-15H2. The van der Waals surface area contributed by atoms with Gasteiger partial charge in [0.15, 0.2) is 0 Å². The summed E-state index contributed by atoms with van der Waals surface area (Å²) < 4.78 is 5.81. The molecule has 0 spiro atoms. The molecule has 0 bridgehead atoms. The molecule has 2 aliphatic carbocycles. The Hall–Kier alpha value is -2.03. The van der Waals surface area contributed by atoms with Crippen molar-refractivity contribution in [3.63, 3.8) is 0 Å². The van der Waals surface area contributed by atoms with Gasteiger partial charge >= 0.3 is 5.63 Å². The van der Waals surface area contributed by atoms with E-state index in [2.05, 4.69) is 12.1 Å². The van der Waals surface area contributed by atoms with Gasteiger partial charge in [0.25, 0.3) is 0 Å². The Labute approximate surface area is 155 Å². The molecule has 0 saturated heterocycles. The molecule has 1 aromatic carbocycles. The van der Waals surface area contributed by atoms with Crippen LogP contribution in [-0.4, -0.2) is 5.11 Å². The number of rotatable bonds is 3. The minimum Gasteiger partial charge on any atom is -0.507 e. The van der Waals surface area contributed by atoms with E-state index >= 15 is 0 Å². The first-order valence-electron chi connectivity index (χ1n) is 10.2. The van der Waals surface area contributed by atoms with Gasteiger partial charge in [-0.2, -0.15) is 0 Å². The molecule has 0 aliphatic heterocycles. The molecule has 2 aliphatic rings. The maximum atomic E-state index is 12.9. The predicted molar refractivity (Wildman–Crippen MR) is 103 cm³/mol. The second-order valence-corrected chi connectivity index (χ2v) is 7.90. The summed E-state index contributed by atoms with van der Waals surface area (Å²) in [6, 6.07) is 10.1. The van der Waals surface area contributed by atoms with Crippen LogP contribution in [0.1, 0.15) is 79.7 Å². The van der Waals surface area contributed by atoms with E-state index in [1.807, 2.05) is 18.2 Å². The topological polar surface area (TPSA) is 50.4 Å². The van der Waals surface area contributed by atoms with E-state index < -0.39 is 0 Å². The summed E-state index contributed by atoms with van der Waals surface area (Å²) in [6.07, 6.45) is 10.7. The number of hydrogen-bond donors (Lipinski definition) is 1. The van der Waals surface area contributed by atoms with Gasteiger partial charge in [0, 0.05) is 17.9 Å². The van der Waals surface area contributed by atoms with Crippen molar-refractivity contribution in [1.82, 2.24) is 0 Å². The summed E-state index contributed by atoms with van der Waals surface area (Å²) in [7, 11) is 0. The maximum absolute atomic E-state index is 12.9. The average molecular weight is 352 g/mol. The third-order valence-corrected chi connectivity index (χ3v) is 5.96. The van der Waals surface area contributed by atoms with Crippen LogP contribution < -0.4 is 5.63 Å². The van der Waals surface area contributed by atoms with Crippen molar-refractivity contribution >= 4 is 0 Å². The van der Waals surface area contributed by atoms with Crippen molar-refractivity contribution < 1.29 is 9.52 Å². The second-order valence-electron chi connectivity index (χ2n) is 7.90. The van der Waals surface area contributed by atoms with Gasteiger partial charge in [-0.25, -0.2) is 4.79 Å². The Kier molecular flexibility index (Phi) is 5.14. The molecular weight excluding hydrogens is 324 g/mol. The number of aromatic hydroxyl groups is 1. The van der Waals surface area contributed by atoms with Crippen LogP contribution >= 0.6 is 0 Å². The summed E-state index contributed by atoms with van der Waals surface area (Å²) in [6.45, 7) is 0.